The highest BCUT2D eigenvalue weighted by molar-refractivity contribution is 6.35. The zero-order chi connectivity index (χ0) is 24.7. The van der Waals surface area contributed by atoms with E-state index in [2.05, 4.69) is 5.32 Å². The number of nitrogens with one attached hydrogen (secondary N) is 1. The molecular formula is C25H30Cl2N2O5. The fraction of sp³-hybridized carbons (Fsp3) is 0.440. The second-order valence-electron chi connectivity index (χ2n) is 8.26. The Morgan fingerprint density at radius 3 is 2.24 bits per heavy atom. The molecule has 0 bridgehead atoms. The molecule has 0 aliphatic heterocycles. The standard InChI is InChI=1S/C25H30Cl2N2O5/c1-16(25(31)28-19-6-4-5-7-19)29(14-17-8-9-18(26)10-23(17)27)24(30)15-34-22-12-20(32-2)11-21(13-22)33-3/h8-13,16,19H,4-7,14-15H2,1-3H3,(H,28,31). The van der Waals surface area contributed by atoms with Gasteiger partial charge in [0.1, 0.15) is 23.3 Å². The number of carbonyl (C=O) groups is 2. The van der Waals surface area contributed by atoms with E-state index in [0.29, 0.717) is 32.9 Å². The summed E-state index contributed by atoms with van der Waals surface area (Å²) in [4.78, 5) is 27.7. The second kappa shape index (κ2) is 12.2. The quantitative estimate of drug-likeness (QED) is 0.495. The lowest BCUT2D eigenvalue weighted by Gasteiger charge is -2.30. The number of rotatable bonds is 10. The summed E-state index contributed by atoms with van der Waals surface area (Å²) in [6.07, 6.45) is 4.10. The van der Waals surface area contributed by atoms with Crippen molar-refractivity contribution >= 4 is 35.0 Å². The van der Waals surface area contributed by atoms with Crippen LogP contribution in [-0.4, -0.2) is 49.6 Å². The van der Waals surface area contributed by atoms with Gasteiger partial charge in [-0.3, -0.25) is 9.59 Å². The Morgan fingerprint density at radius 1 is 1.03 bits per heavy atom. The van der Waals surface area contributed by atoms with Crippen LogP contribution in [0.2, 0.25) is 10.0 Å². The van der Waals surface area contributed by atoms with Crippen molar-refractivity contribution in [3.8, 4) is 17.2 Å². The van der Waals surface area contributed by atoms with Gasteiger partial charge in [-0.1, -0.05) is 42.1 Å². The van der Waals surface area contributed by atoms with E-state index in [-0.39, 0.29) is 31.0 Å². The van der Waals surface area contributed by atoms with Gasteiger partial charge in [0, 0.05) is 40.8 Å². The number of methoxy groups -OCH3 is 2. The Balaban J connectivity index is 1.77. The molecule has 1 aliphatic rings. The molecule has 2 aromatic rings. The minimum atomic E-state index is -0.719. The predicted molar refractivity (Wildman–Crippen MR) is 132 cm³/mol. The molecule has 0 heterocycles. The monoisotopic (exact) mass is 508 g/mol. The number of ether oxygens (including phenoxy) is 3. The van der Waals surface area contributed by atoms with E-state index >= 15 is 0 Å². The third-order valence-corrected chi connectivity index (χ3v) is 6.50. The van der Waals surface area contributed by atoms with Gasteiger partial charge in [0.25, 0.3) is 5.91 Å². The molecule has 184 valence electrons. The third-order valence-electron chi connectivity index (χ3n) is 5.91. The van der Waals surface area contributed by atoms with Gasteiger partial charge in [0.2, 0.25) is 5.91 Å². The van der Waals surface area contributed by atoms with Crippen LogP contribution < -0.4 is 19.5 Å². The van der Waals surface area contributed by atoms with E-state index in [9.17, 15) is 9.59 Å². The summed E-state index contributed by atoms with van der Waals surface area (Å²) in [5, 5.41) is 3.98. The Labute approximate surface area is 210 Å². The molecule has 1 aliphatic carbocycles. The molecule has 9 heteroatoms. The molecule has 2 amide bonds. The first-order valence-corrected chi connectivity index (χ1v) is 12.0. The first-order chi connectivity index (χ1) is 16.3. The van der Waals surface area contributed by atoms with E-state index < -0.39 is 6.04 Å². The maximum absolute atomic E-state index is 13.3. The molecule has 0 saturated heterocycles. The van der Waals surface area contributed by atoms with Gasteiger partial charge < -0.3 is 24.4 Å². The molecule has 0 radical (unpaired) electrons. The molecule has 1 unspecified atom stereocenters. The number of hydrogen-bond acceptors (Lipinski definition) is 5. The summed E-state index contributed by atoms with van der Waals surface area (Å²) in [5.41, 5.74) is 0.683. The van der Waals surface area contributed by atoms with Crippen LogP contribution in [0.3, 0.4) is 0 Å². The zero-order valence-corrected chi connectivity index (χ0v) is 21.1. The van der Waals surface area contributed by atoms with Crippen molar-refractivity contribution in [1.82, 2.24) is 10.2 Å². The summed E-state index contributed by atoms with van der Waals surface area (Å²) in [6, 6.07) is 9.52. The second-order valence-corrected chi connectivity index (χ2v) is 9.10. The van der Waals surface area contributed by atoms with Gasteiger partial charge in [0.05, 0.1) is 14.2 Å². The molecule has 7 nitrogen and oxygen atoms in total. The highest BCUT2D eigenvalue weighted by Crippen LogP contribution is 2.28. The number of carbonyl (C=O) groups excluding carboxylic acids is 2. The van der Waals surface area contributed by atoms with Crippen LogP contribution >= 0.6 is 23.2 Å². The molecule has 34 heavy (non-hydrogen) atoms. The predicted octanol–water partition coefficient (Wildman–Crippen LogP) is 4.87. The fourth-order valence-corrected chi connectivity index (χ4v) is 4.37. The Kier molecular flexibility index (Phi) is 9.30. The molecule has 1 saturated carbocycles. The minimum Gasteiger partial charge on any atom is -0.496 e. The van der Waals surface area contributed by atoms with Gasteiger partial charge in [-0.05, 0) is 37.5 Å². The van der Waals surface area contributed by atoms with Crippen LogP contribution in [-0.2, 0) is 16.1 Å². The average Bonchev–Trinajstić information content (AvgIpc) is 3.34. The topological polar surface area (TPSA) is 77.1 Å². The maximum atomic E-state index is 13.3. The van der Waals surface area contributed by atoms with Crippen molar-refractivity contribution in [2.45, 2.75) is 51.2 Å². The fourth-order valence-electron chi connectivity index (χ4n) is 3.90. The van der Waals surface area contributed by atoms with Crippen LogP contribution in [0, 0.1) is 0 Å². The number of nitrogens with zero attached hydrogens (tertiary/aromatic N) is 1. The van der Waals surface area contributed by atoms with Gasteiger partial charge in [-0.25, -0.2) is 0 Å². The van der Waals surface area contributed by atoms with Crippen molar-refractivity contribution in [3.05, 3.63) is 52.0 Å². The maximum Gasteiger partial charge on any atom is 0.261 e. The van der Waals surface area contributed by atoms with Crippen molar-refractivity contribution in [2.75, 3.05) is 20.8 Å². The van der Waals surface area contributed by atoms with Crippen LogP contribution in [0.1, 0.15) is 38.2 Å². The first-order valence-electron chi connectivity index (χ1n) is 11.2. The average molecular weight is 509 g/mol. The van der Waals surface area contributed by atoms with Crippen LogP contribution in [0.15, 0.2) is 36.4 Å². The van der Waals surface area contributed by atoms with E-state index in [0.717, 1.165) is 25.7 Å². The molecule has 0 spiro atoms. The van der Waals surface area contributed by atoms with Crippen LogP contribution in [0.5, 0.6) is 17.2 Å². The Hall–Kier alpha value is -2.64. The molecule has 0 aromatic heterocycles. The number of hydrogen-bond donors (Lipinski definition) is 1. The van der Waals surface area contributed by atoms with Gasteiger partial charge >= 0.3 is 0 Å². The lowest BCUT2D eigenvalue weighted by molar-refractivity contribution is -0.142. The van der Waals surface area contributed by atoms with Crippen molar-refractivity contribution in [3.63, 3.8) is 0 Å². The Bertz CT molecular complexity index is 989. The largest absolute Gasteiger partial charge is 0.496 e. The zero-order valence-electron chi connectivity index (χ0n) is 19.6. The lowest BCUT2D eigenvalue weighted by Crippen LogP contribution is -2.50. The van der Waals surface area contributed by atoms with Crippen molar-refractivity contribution < 1.29 is 23.8 Å². The summed E-state index contributed by atoms with van der Waals surface area (Å²) >= 11 is 12.4. The van der Waals surface area contributed by atoms with E-state index in [1.807, 2.05) is 0 Å². The highest BCUT2D eigenvalue weighted by Gasteiger charge is 2.29. The van der Waals surface area contributed by atoms with E-state index in [4.69, 9.17) is 37.4 Å². The van der Waals surface area contributed by atoms with Crippen molar-refractivity contribution in [2.24, 2.45) is 0 Å². The molecule has 2 aromatic carbocycles. The molecule has 1 N–H and O–H groups in total. The number of halogens is 2. The van der Waals surface area contributed by atoms with Gasteiger partial charge in [0.15, 0.2) is 6.61 Å². The molecule has 3 rings (SSSR count). The highest BCUT2D eigenvalue weighted by atomic mass is 35.5. The van der Waals surface area contributed by atoms with Crippen LogP contribution in [0.25, 0.3) is 0 Å². The summed E-state index contributed by atoms with van der Waals surface area (Å²) in [7, 11) is 3.07. The molecule has 1 fully saturated rings. The molecule has 1 atom stereocenters. The SMILES string of the molecule is COc1cc(OC)cc(OCC(=O)N(Cc2ccc(Cl)cc2Cl)C(C)C(=O)NC2CCCC2)c1. The molecular weight excluding hydrogens is 479 g/mol. The van der Waals surface area contributed by atoms with E-state index in [1.54, 1.807) is 43.3 Å². The van der Waals surface area contributed by atoms with Gasteiger partial charge in [-0.15, -0.1) is 0 Å². The normalized spacial score (nSPS) is 14.4. The lowest BCUT2D eigenvalue weighted by atomic mass is 10.1. The number of benzene rings is 2. The van der Waals surface area contributed by atoms with E-state index in [1.165, 1.54) is 19.1 Å². The smallest absolute Gasteiger partial charge is 0.261 e. The minimum absolute atomic E-state index is 0.138. The van der Waals surface area contributed by atoms with Crippen LogP contribution in [0.4, 0.5) is 0 Å². The van der Waals surface area contributed by atoms with Crippen molar-refractivity contribution in [1.29, 1.82) is 0 Å². The number of amides is 2. The first kappa shape index (κ1) is 26.0. The Morgan fingerprint density at radius 2 is 1.65 bits per heavy atom. The summed E-state index contributed by atoms with van der Waals surface area (Å²) in [6.45, 7) is 1.57. The third kappa shape index (κ3) is 6.93. The summed E-state index contributed by atoms with van der Waals surface area (Å²) in [5.74, 6) is 0.930. The van der Waals surface area contributed by atoms with Gasteiger partial charge in [-0.2, -0.15) is 0 Å². The summed E-state index contributed by atoms with van der Waals surface area (Å²) < 4.78 is 16.3.